The maximum Gasteiger partial charge on any atom is 0.222 e. The van der Waals surface area contributed by atoms with E-state index in [4.69, 9.17) is 4.74 Å². The van der Waals surface area contributed by atoms with Crippen LogP contribution in [0.5, 0.6) is 0 Å². The standard InChI is InChI=1S/C15H21FN2O4S/c1-23(20,21)18-14(11-4-6-12(16)7-5-11)9-15(19)17-10-13-3-2-8-22-13/h4-7,13-14,18H,2-3,8-10H2,1H3,(H,17,19)/t13-,14+/m0/s1. The quantitative estimate of drug-likeness (QED) is 0.776. The Hall–Kier alpha value is -1.51. The van der Waals surface area contributed by atoms with Gasteiger partial charge in [-0.25, -0.2) is 17.5 Å². The van der Waals surface area contributed by atoms with E-state index in [2.05, 4.69) is 10.0 Å². The number of halogens is 1. The fraction of sp³-hybridized carbons (Fsp3) is 0.533. The third-order valence-corrected chi connectivity index (χ3v) is 4.28. The summed E-state index contributed by atoms with van der Waals surface area (Å²) in [5.41, 5.74) is 0.532. The number of nitrogens with one attached hydrogen (secondary N) is 2. The van der Waals surface area contributed by atoms with Gasteiger partial charge in [0.05, 0.1) is 18.4 Å². The van der Waals surface area contributed by atoms with Crippen LogP contribution in [0.25, 0.3) is 0 Å². The fourth-order valence-electron chi connectivity index (χ4n) is 2.47. The van der Waals surface area contributed by atoms with Crippen molar-refractivity contribution >= 4 is 15.9 Å². The van der Waals surface area contributed by atoms with Crippen molar-refractivity contribution in [3.05, 3.63) is 35.6 Å². The number of rotatable bonds is 7. The van der Waals surface area contributed by atoms with Crippen LogP contribution in [0.15, 0.2) is 24.3 Å². The van der Waals surface area contributed by atoms with Gasteiger partial charge in [0.2, 0.25) is 15.9 Å². The predicted molar refractivity (Wildman–Crippen MR) is 83.7 cm³/mol. The maximum atomic E-state index is 13.0. The van der Waals surface area contributed by atoms with Gasteiger partial charge in [0.15, 0.2) is 0 Å². The summed E-state index contributed by atoms with van der Waals surface area (Å²) < 4.78 is 43.8. The van der Waals surface area contributed by atoms with Gasteiger partial charge in [-0.15, -0.1) is 0 Å². The van der Waals surface area contributed by atoms with E-state index in [1.54, 1.807) is 0 Å². The predicted octanol–water partition coefficient (Wildman–Crippen LogP) is 1.10. The average Bonchev–Trinajstić information content (AvgIpc) is 2.97. The number of hydrogen-bond acceptors (Lipinski definition) is 4. The molecule has 0 bridgehead atoms. The molecule has 0 aliphatic carbocycles. The molecule has 1 aromatic carbocycles. The van der Waals surface area contributed by atoms with Crippen molar-refractivity contribution in [2.45, 2.75) is 31.4 Å². The molecule has 6 nitrogen and oxygen atoms in total. The van der Waals surface area contributed by atoms with Gasteiger partial charge in [0.1, 0.15) is 5.82 Å². The molecular weight excluding hydrogens is 323 g/mol. The molecule has 8 heteroatoms. The number of carbonyl (C=O) groups excluding carboxylic acids is 1. The molecule has 0 aromatic heterocycles. The second kappa shape index (κ2) is 7.85. The van der Waals surface area contributed by atoms with Gasteiger partial charge in [-0.2, -0.15) is 0 Å². The molecule has 2 atom stereocenters. The number of hydrogen-bond donors (Lipinski definition) is 2. The van der Waals surface area contributed by atoms with Crippen LogP contribution in [0.3, 0.4) is 0 Å². The van der Waals surface area contributed by atoms with Crippen LogP contribution >= 0.6 is 0 Å². The first kappa shape index (κ1) is 17.8. The van der Waals surface area contributed by atoms with E-state index in [1.807, 2.05) is 0 Å². The van der Waals surface area contributed by atoms with Gasteiger partial charge in [0, 0.05) is 19.6 Å². The first-order valence-corrected chi connectivity index (χ1v) is 9.34. The van der Waals surface area contributed by atoms with E-state index in [1.165, 1.54) is 24.3 Å². The van der Waals surface area contributed by atoms with Crippen LogP contribution in [0, 0.1) is 5.82 Å². The van der Waals surface area contributed by atoms with Crippen molar-refractivity contribution in [1.82, 2.24) is 10.0 Å². The van der Waals surface area contributed by atoms with Crippen molar-refractivity contribution in [3.8, 4) is 0 Å². The second-order valence-corrected chi connectivity index (χ2v) is 7.42. The Kier molecular flexibility index (Phi) is 6.09. The Morgan fingerprint density at radius 3 is 2.65 bits per heavy atom. The fourth-order valence-corrected chi connectivity index (χ4v) is 3.21. The van der Waals surface area contributed by atoms with E-state index < -0.39 is 21.9 Å². The minimum Gasteiger partial charge on any atom is -0.376 e. The number of amides is 1. The van der Waals surface area contributed by atoms with E-state index in [-0.39, 0.29) is 18.4 Å². The van der Waals surface area contributed by atoms with Gasteiger partial charge < -0.3 is 10.1 Å². The first-order valence-electron chi connectivity index (χ1n) is 7.44. The van der Waals surface area contributed by atoms with Crippen LogP contribution in [0.4, 0.5) is 4.39 Å². The molecule has 0 spiro atoms. The molecule has 1 heterocycles. The van der Waals surface area contributed by atoms with Crippen molar-refractivity contribution in [3.63, 3.8) is 0 Å². The van der Waals surface area contributed by atoms with Crippen molar-refractivity contribution in [1.29, 1.82) is 0 Å². The number of ether oxygens (including phenoxy) is 1. The topological polar surface area (TPSA) is 84.5 Å². The second-order valence-electron chi connectivity index (χ2n) is 5.64. The lowest BCUT2D eigenvalue weighted by molar-refractivity contribution is -0.122. The Morgan fingerprint density at radius 1 is 1.39 bits per heavy atom. The number of benzene rings is 1. The molecule has 2 rings (SSSR count). The van der Waals surface area contributed by atoms with Crippen LogP contribution in [-0.4, -0.2) is 39.8 Å². The van der Waals surface area contributed by atoms with Gasteiger partial charge in [0.25, 0.3) is 0 Å². The van der Waals surface area contributed by atoms with Gasteiger partial charge in [-0.3, -0.25) is 4.79 Å². The van der Waals surface area contributed by atoms with Crippen LogP contribution in [0.1, 0.15) is 30.9 Å². The van der Waals surface area contributed by atoms with Gasteiger partial charge in [-0.05, 0) is 30.5 Å². The summed E-state index contributed by atoms with van der Waals surface area (Å²) in [6, 6.07) is 4.65. The molecule has 23 heavy (non-hydrogen) atoms. The molecule has 1 aromatic rings. The molecule has 0 unspecified atom stereocenters. The van der Waals surface area contributed by atoms with Crippen LogP contribution in [0.2, 0.25) is 0 Å². The highest BCUT2D eigenvalue weighted by Crippen LogP contribution is 2.18. The van der Waals surface area contributed by atoms with E-state index >= 15 is 0 Å². The highest BCUT2D eigenvalue weighted by molar-refractivity contribution is 7.88. The number of carbonyl (C=O) groups is 1. The lowest BCUT2D eigenvalue weighted by Crippen LogP contribution is -2.36. The molecule has 1 aliphatic rings. The summed E-state index contributed by atoms with van der Waals surface area (Å²) in [5.74, 6) is -0.708. The third kappa shape index (κ3) is 6.25. The van der Waals surface area contributed by atoms with E-state index in [9.17, 15) is 17.6 Å². The number of sulfonamides is 1. The molecular formula is C15H21FN2O4S. The highest BCUT2D eigenvalue weighted by Gasteiger charge is 2.21. The van der Waals surface area contributed by atoms with Gasteiger partial charge in [-0.1, -0.05) is 12.1 Å². The lowest BCUT2D eigenvalue weighted by Gasteiger charge is -2.18. The zero-order valence-electron chi connectivity index (χ0n) is 12.9. The molecule has 2 N–H and O–H groups in total. The van der Waals surface area contributed by atoms with Gasteiger partial charge >= 0.3 is 0 Å². The molecule has 0 radical (unpaired) electrons. The van der Waals surface area contributed by atoms with E-state index in [0.717, 1.165) is 19.1 Å². The van der Waals surface area contributed by atoms with Crippen molar-refractivity contribution < 1.29 is 22.3 Å². The summed E-state index contributed by atoms with van der Waals surface area (Å²) in [6.45, 7) is 1.11. The Bertz CT molecular complexity index is 627. The summed E-state index contributed by atoms with van der Waals surface area (Å²) in [4.78, 5) is 12.1. The van der Waals surface area contributed by atoms with Crippen molar-refractivity contribution in [2.24, 2.45) is 0 Å². The summed E-state index contributed by atoms with van der Waals surface area (Å²) in [5, 5.41) is 2.75. The normalized spacial score (nSPS) is 19.5. The smallest absolute Gasteiger partial charge is 0.222 e. The minimum atomic E-state index is -3.51. The zero-order valence-corrected chi connectivity index (χ0v) is 13.7. The molecule has 1 fully saturated rings. The Balaban J connectivity index is 1.98. The zero-order chi connectivity index (χ0) is 16.9. The molecule has 1 saturated heterocycles. The largest absolute Gasteiger partial charge is 0.376 e. The summed E-state index contributed by atoms with van der Waals surface area (Å²) in [7, 11) is -3.51. The summed E-state index contributed by atoms with van der Waals surface area (Å²) in [6.07, 6.45) is 2.86. The minimum absolute atomic E-state index is 0.0195. The van der Waals surface area contributed by atoms with Crippen LogP contribution < -0.4 is 10.0 Å². The third-order valence-electron chi connectivity index (χ3n) is 3.57. The maximum absolute atomic E-state index is 13.0. The SMILES string of the molecule is CS(=O)(=O)N[C@H](CC(=O)NC[C@@H]1CCCO1)c1ccc(F)cc1. The van der Waals surface area contributed by atoms with E-state index in [0.29, 0.717) is 18.7 Å². The lowest BCUT2D eigenvalue weighted by atomic mass is 10.0. The Morgan fingerprint density at radius 2 is 2.09 bits per heavy atom. The monoisotopic (exact) mass is 344 g/mol. The summed E-state index contributed by atoms with van der Waals surface area (Å²) >= 11 is 0. The molecule has 128 valence electrons. The van der Waals surface area contributed by atoms with Crippen molar-refractivity contribution in [2.75, 3.05) is 19.4 Å². The molecule has 1 aliphatic heterocycles. The highest BCUT2D eigenvalue weighted by atomic mass is 32.2. The molecule has 1 amide bonds. The average molecular weight is 344 g/mol. The molecule has 0 saturated carbocycles. The first-order chi connectivity index (χ1) is 10.8. The Labute approximate surface area is 135 Å². The van der Waals surface area contributed by atoms with Crippen LogP contribution in [-0.2, 0) is 19.6 Å².